The van der Waals surface area contributed by atoms with Crippen LogP contribution in [0.3, 0.4) is 0 Å². The van der Waals surface area contributed by atoms with Gasteiger partial charge in [0.2, 0.25) is 0 Å². The van der Waals surface area contributed by atoms with Crippen LogP contribution in [-0.4, -0.2) is 32.9 Å². The third-order valence-electron chi connectivity index (χ3n) is 2.16. The molecule has 2 N–H and O–H groups in total. The van der Waals surface area contributed by atoms with Crippen molar-refractivity contribution >= 4 is 0 Å². The summed E-state index contributed by atoms with van der Waals surface area (Å²) in [5.41, 5.74) is 1.20. The first-order valence-corrected chi connectivity index (χ1v) is 4.78. The number of likely N-dealkylation sites (N-methyl/N-ethyl adjacent to an activating group) is 1. The van der Waals surface area contributed by atoms with Crippen molar-refractivity contribution in [1.82, 2.24) is 0 Å². The van der Waals surface area contributed by atoms with Gasteiger partial charge in [-0.3, -0.25) is 0 Å². The predicted octanol–water partition coefficient (Wildman–Crippen LogP) is 0.0878. The van der Waals surface area contributed by atoms with Gasteiger partial charge in [-0.2, -0.15) is 0 Å². The van der Waals surface area contributed by atoms with Crippen molar-refractivity contribution in [2.45, 2.75) is 6.42 Å². The summed E-state index contributed by atoms with van der Waals surface area (Å²) in [6.07, 6.45) is 0.999. The van der Waals surface area contributed by atoms with Crippen LogP contribution in [0.15, 0.2) is 18.2 Å². The number of ether oxygens (including phenoxy) is 1. The predicted molar refractivity (Wildman–Crippen MR) is 56.0 cm³/mol. The number of methoxy groups -OCH3 is 1. The van der Waals surface area contributed by atoms with Gasteiger partial charge in [0.1, 0.15) is 0 Å². The maximum absolute atomic E-state index is 9.38. The van der Waals surface area contributed by atoms with Crippen LogP contribution in [-0.2, 0) is 6.42 Å². The van der Waals surface area contributed by atoms with Crippen LogP contribution in [0.4, 0.5) is 0 Å². The lowest BCUT2D eigenvalue weighted by atomic mass is 10.1. The van der Waals surface area contributed by atoms with Gasteiger partial charge in [0.05, 0.1) is 27.7 Å². The molecule has 0 saturated heterocycles. The summed E-state index contributed by atoms with van der Waals surface area (Å²) in [6, 6.07) is 5.50. The van der Waals surface area contributed by atoms with Crippen molar-refractivity contribution in [1.29, 1.82) is 0 Å². The molecular weight excluding hydrogens is 178 g/mol. The number of quaternary nitrogens is 1. The molecule has 0 aromatic heterocycles. The Morgan fingerprint density at radius 3 is 2.64 bits per heavy atom. The molecule has 0 aliphatic carbocycles. The molecule has 0 fully saturated rings. The normalized spacial score (nSPS) is 10.6. The first-order valence-electron chi connectivity index (χ1n) is 4.78. The van der Waals surface area contributed by atoms with Crippen LogP contribution in [0.5, 0.6) is 11.5 Å². The number of rotatable bonds is 4. The summed E-state index contributed by atoms with van der Waals surface area (Å²) in [5.74, 6) is 0.754. The molecule has 0 atom stereocenters. The van der Waals surface area contributed by atoms with Crippen molar-refractivity contribution in [3.8, 4) is 11.5 Å². The highest BCUT2D eigenvalue weighted by Gasteiger charge is 2.03. The fourth-order valence-corrected chi connectivity index (χ4v) is 1.27. The zero-order chi connectivity index (χ0) is 10.6. The largest absolute Gasteiger partial charge is 0.504 e. The van der Waals surface area contributed by atoms with Crippen LogP contribution >= 0.6 is 0 Å². The van der Waals surface area contributed by atoms with Crippen molar-refractivity contribution in [2.24, 2.45) is 0 Å². The summed E-state index contributed by atoms with van der Waals surface area (Å²) in [4.78, 5) is 1.41. The SMILES string of the molecule is COc1cc(CC[NH+](C)C)ccc1O. The second kappa shape index (κ2) is 4.86. The van der Waals surface area contributed by atoms with Gasteiger partial charge in [-0.25, -0.2) is 0 Å². The van der Waals surface area contributed by atoms with Crippen molar-refractivity contribution in [3.63, 3.8) is 0 Å². The Bertz CT molecular complexity index is 297. The quantitative estimate of drug-likeness (QED) is 0.715. The highest BCUT2D eigenvalue weighted by molar-refractivity contribution is 5.41. The van der Waals surface area contributed by atoms with Crippen LogP contribution in [0.25, 0.3) is 0 Å². The minimum atomic E-state index is 0.202. The fourth-order valence-electron chi connectivity index (χ4n) is 1.27. The molecule has 1 aromatic carbocycles. The Balaban J connectivity index is 2.69. The summed E-state index contributed by atoms with van der Waals surface area (Å²) >= 11 is 0. The lowest BCUT2D eigenvalue weighted by molar-refractivity contribution is -0.858. The average Bonchev–Trinajstić information content (AvgIpc) is 2.16. The Hall–Kier alpha value is -1.22. The van der Waals surface area contributed by atoms with E-state index in [1.54, 1.807) is 13.2 Å². The van der Waals surface area contributed by atoms with Crippen LogP contribution in [0, 0.1) is 0 Å². The van der Waals surface area contributed by atoms with E-state index in [1.165, 1.54) is 10.5 Å². The molecule has 14 heavy (non-hydrogen) atoms. The highest BCUT2D eigenvalue weighted by atomic mass is 16.5. The standard InChI is InChI=1S/C11H17NO2/c1-12(2)7-6-9-4-5-10(13)11(8-9)14-3/h4-5,8,13H,6-7H2,1-3H3/p+1. The average molecular weight is 196 g/mol. The number of nitrogens with one attached hydrogen (secondary N) is 1. The fraction of sp³-hybridized carbons (Fsp3) is 0.455. The number of hydrogen-bond donors (Lipinski definition) is 2. The second-order valence-corrected chi connectivity index (χ2v) is 3.71. The van der Waals surface area contributed by atoms with Crippen LogP contribution in [0.2, 0.25) is 0 Å². The summed E-state index contributed by atoms with van der Waals surface area (Å²) < 4.78 is 5.04. The van der Waals surface area contributed by atoms with Gasteiger partial charge in [0.15, 0.2) is 11.5 Å². The summed E-state index contributed by atoms with van der Waals surface area (Å²) in [7, 11) is 5.81. The maximum Gasteiger partial charge on any atom is 0.160 e. The minimum Gasteiger partial charge on any atom is -0.504 e. The molecular formula is C11H18NO2+. The number of phenolic OH excluding ortho intramolecular Hbond substituents is 1. The van der Waals surface area contributed by atoms with E-state index in [2.05, 4.69) is 14.1 Å². The molecule has 0 spiro atoms. The van der Waals surface area contributed by atoms with Crippen molar-refractivity contribution in [2.75, 3.05) is 27.7 Å². The Morgan fingerprint density at radius 2 is 2.07 bits per heavy atom. The number of phenols is 1. The van der Waals surface area contributed by atoms with Gasteiger partial charge < -0.3 is 14.7 Å². The summed E-state index contributed by atoms with van der Waals surface area (Å²) in [6.45, 7) is 1.08. The Labute approximate surface area is 84.9 Å². The Kier molecular flexibility index (Phi) is 3.77. The van der Waals surface area contributed by atoms with E-state index in [-0.39, 0.29) is 5.75 Å². The van der Waals surface area contributed by atoms with E-state index < -0.39 is 0 Å². The number of hydrogen-bond acceptors (Lipinski definition) is 2. The molecule has 0 bridgehead atoms. The molecule has 0 radical (unpaired) electrons. The van der Waals surface area contributed by atoms with Gasteiger partial charge >= 0.3 is 0 Å². The zero-order valence-corrected chi connectivity index (χ0v) is 9.00. The Morgan fingerprint density at radius 1 is 1.36 bits per heavy atom. The number of benzene rings is 1. The second-order valence-electron chi connectivity index (χ2n) is 3.71. The van der Waals surface area contributed by atoms with E-state index in [0.717, 1.165) is 13.0 Å². The smallest absolute Gasteiger partial charge is 0.160 e. The summed E-state index contributed by atoms with van der Waals surface area (Å²) in [5, 5.41) is 9.38. The molecule has 0 amide bonds. The van der Waals surface area contributed by atoms with Gasteiger partial charge in [0.25, 0.3) is 0 Å². The monoisotopic (exact) mass is 196 g/mol. The van der Waals surface area contributed by atoms with E-state index in [1.807, 2.05) is 12.1 Å². The van der Waals surface area contributed by atoms with Gasteiger partial charge in [0, 0.05) is 6.42 Å². The van der Waals surface area contributed by atoms with E-state index in [0.29, 0.717) is 5.75 Å². The third-order valence-corrected chi connectivity index (χ3v) is 2.16. The molecule has 0 aliphatic heterocycles. The zero-order valence-electron chi connectivity index (χ0n) is 9.00. The van der Waals surface area contributed by atoms with Crippen molar-refractivity contribution < 1.29 is 14.7 Å². The van der Waals surface area contributed by atoms with E-state index in [4.69, 9.17) is 4.74 Å². The van der Waals surface area contributed by atoms with Gasteiger partial charge in [-0.15, -0.1) is 0 Å². The lowest BCUT2D eigenvalue weighted by Crippen LogP contribution is -3.05. The lowest BCUT2D eigenvalue weighted by Gasteiger charge is -2.08. The molecule has 0 unspecified atom stereocenters. The molecule has 3 heteroatoms. The first kappa shape index (κ1) is 10.9. The number of aromatic hydroxyl groups is 1. The molecule has 0 aliphatic rings. The van der Waals surface area contributed by atoms with E-state index >= 15 is 0 Å². The van der Waals surface area contributed by atoms with Crippen LogP contribution < -0.4 is 9.64 Å². The van der Waals surface area contributed by atoms with E-state index in [9.17, 15) is 5.11 Å². The maximum atomic E-state index is 9.38. The molecule has 1 rings (SSSR count). The van der Waals surface area contributed by atoms with Crippen LogP contribution in [0.1, 0.15) is 5.56 Å². The third kappa shape index (κ3) is 2.92. The molecule has 0 saturated carbocycles. The first-order chi connectivity index (χ1) is 6.63. The molecule has 3 nitrogen and oxygen atoms in total. The topological polar surface area (TPSA) is 33.9 Å². The molecule has 1 aromatic rings. The highest BCUT2D eigenvalue weighted by Crippen LogP contribution is 2.26. The molecule has 78 valence electrons. The molecule has 0 heterocycles. The van der Waals surface area contributed by atoms with Gasteiger partial charge in [-0.1, -0.05) is 6.07 Å². The van der Waals surface area contributed by atoms with Gasteiger partial charge in [-0.05, 0) is 17.7 Å². The van der Waals surface area contributed by atoms with Crippen molar-refractivity contribution in [3.05, 3.63) is 23.8 Å². The minimum absolute atomic E-state index is 0.202.